The van der Waals surface area contributed by atoms with Crippen molar-refractivity contribution >= 4 is 0 Å². The first-order valence-corrected chi connectivity index (χ1v) is 10.6. The molecule has 0 saturated heterocycles. The fourth-order valence-electron chi connectivity index (χ4n) is 4.00. The Labute approximate surface area is 187 Å². The van der Waals surface area contributed by atoms with Crippen molar-refractivity contribution in [3.63, 3.8) is 0 Å². The van der Waals surface area contributed by atoms with Crippen LogP contribution in [0.2, 0.25) is 0 Å². The van der Waals surface area contributed by atoms with Crippen LogP contribution in [0.1, 0.15) is 22.4 Å². The molecule has 1 heterocycles. The molecular weight excluding hydrogens is 400 g/mol. The summed E-state index contributed by atoms with van der Waals surface area (Å²) in [6, 6.07) is 24.8. The minimum atomic E-state index is -0.146. The zero-order valence-electron chi connectivity index (χ0n) is 18.3. The van der Waals surface area contributed by atoms with E-state index in [2.05, 4.69) is 17.2 Å². The van der Waals surface area contributed by atoms with Crippen LogP contribution in [-0.4, -0.2) is 22.0 Å². The molecule has 0 fully saturated rings. The quantitative estimate of drug-likeness (QED) is 0.463. The third kappa shape index (κ3) is 4.57. The van der Waals surface area contributed by atoms with Gasteiger partial charge in [0.15, 0.2) is 0 Å². The van der Waals surface area contributed by atoms with Gasteiger partial charge in [0.05, 0.1) is 19.3 Å². The standard InChI is InChI=1S/C27H26N2O3/c1-19-26(23-13-6-7-14-25(23)30)24(16-15-20-9-4-3-5-10-20)27(31)29(28-19)18-21-11-8-12-22(17-21)32-2/h3-14,17,30H,15-16,18H2,1-2H3. The molecule has 1 N–H and O–H groups in total. The smallest absolute Gasteiger partial charge is 0.270 e. The summed E-state index contributed by atoms with van der Waals surface area (Å²) in [4.78, 5) is 13.6. The number of ether oxygens (including phenoxy) is 1. The van der Waals surface area contributed by atoms with E-state index in [1.54, 1.807) is 19.2 Å². The number of para-hydroxylation sites is 1. The molecule has 0 amide bonds. The zero-order valence-corrected chi connectivity index (χ0v) is 18.3. The number of benzene rings is 3. The lowest BCUT2D eigenvalue weighted by Gasteiger charge is -2.16. The van der Waals surface area contributed by atoms with Crippen LogP contribution < -0.4 is 10.3 Å². The number of phenolic OH excluding ortho intramolecular Hbond substituents is 1. The van der Waals surface area contributed by atoms with E-state index >= 15 is 0 Å². The fraction of sp³-hybridized carbons (Fsp3) is 0.185. The van der Waals surface area contributed by atoms with Gasteiger partial charge in [0.1, 0.15) is 11.5 Å². The van der Waals surface area contributed by atoms with Gasteiger partial charge in [0.2, 0.25) is 0 Å². The number of hydrogen-bond acceptors (Lipinski definition) is 4. The van der Waals surface area contributed by atoms with E-state index in [0.29, 0.717) is 35.3 Å². The highest BCUT2D eigenvalue weighted by Gasteiger charge is 2.19. The number of aryl methyl sites for hydroxylation is 2. The number of phenols is 1. The second kappa shape index (κ2) is 9.52. The predicted molar refractivity (Wildman–Crippen MR) is 126 cm³/mol. The average molecular weight is 427 g/mol. The third-order valence-electron chi connectivity index (χ3n) is 5.57. The first-order valence-electron chi connectivity index (χ1n) is 10.6. The molecule has 1 aromatic heterocycles. The maximum atomic E-state index is 13.6. The van der Waals surface area contributed by atoms with E-state index in [0.717, 1.165) is 23.3 Å². The van der Waals surface area contributed by atoms with Crippen LogP contribution in [-0.2, 0) is 19.4 Å². The van der Waals surface area contributed by atoms with E-state index in [-0.39, 0.29) is 11.3 Å². The normalized spacial score (nSPS) is 10.8. The summed E-state index contributed by atoms with van der Waals surface area (Å²) in [6.07, 6.45) is 1.27. The van der Waals surface area contributed by atoms with Gasteiger partial charge in [-0.2, -0.15) is 5.10 Å². The monoisotopic (exact) mass is 426 g/mol. The lowest BCUT2D eigenvalue weighted by Crippen LogP contribution is -2.29. The lowest BCUT2D eigenvalue weighted by molar-refractivity contribution is 0.414. The maximum absolute atomic E-state index is 13.6. The first kappa shape index (κ1) is 21.4. The SMILES string of the molecule is COc1cccc(Cn2nc(C)c(-c3ccccc3O)c(CCc3ccccc3)c2=O)c1. The number of methoxy groups -OCH3 is 1. The molecule has 5 nitrogen and oxygen atoms in total. The molecule has 3 aromatic carbocycles. The predicted octanol–water partition coefficient (Wildman–Crippen LogP) is 4.77. The Morgan fingerprint density at radius 2 is 1.62 bits per heavy atom. The van der Waals surface area contributed by atoms with E-state index in [9.17, 15) is 9.90 Å². The van der Waals surface area contributed by atoms with Gasteiger partial charge in [0, 0.05) is 16.7 Å². The number of hydrogen-bond donors (Lipinski definition) is 1. The summed E-state index contributed by atoms with van der Waals surface area (Å²) in [5, 5.41) is 15.1. The Morgan fingerprint density at radius 1 is 0.906 bits per heavy atom. The molecule has 4 rings (SSSR count). The van der Waals surface area contributed by atoms with Crippen LogP contribution in [0.3, 0.4) is 0 Å². The van der Waals surface area contributed by atoms with Gasteiger partial charge in [-0.3, -0.25) is 4.79 Å². The van der Waals surface area contributed by atoms with Crippen LogP contribution in [0.25, 0.3) is 11.1 Å². The molecule has 0 radical (unpaired) electrons. The summed E-state index contributed by atoms with van der Waals surface area (Å²) < 4.78 is 6.82. The molecular formula is C27H26N2O3. The van der Waals surface area contributed by atoms with E-state index in [1.807, 2.05) is 61.5 Å². The minimum absolute atomic E-state index is 0.142. The molecule has 0 aliphatic rings. The van der Waals surface area contributed by atoms with Crippen molar-refractivity contribution < 1.29 is 9.84 Å². The van der Waals surface area contributed by atoms with Crippen molar-refractivity contribution in [1.29, 1.82) is 0 Å². The molecule has 4 aromatic rings. The van der Waals surface area contributed by atoms with Crippen LogP contribution in [0.15, 0.2) is 83.7 Å². The molecule has 162 valence electrons. The Kier molecular flexibility index (Phi) is 6.36. The molecule has 0 saturated carbocycles. The largest absolute Gasteiger partial charge is 0.507 e. The van der Waals surface area contributed by atoms with Crippen LogP contribution in [0.4, 0.5) is 0 Å². The number of aromatic hydroxyl groups is 1. The molecule has 0 aliphatic heterocycles. The van der Waals surface area contributed by atoms with Gasteiger partial charge in [0.25, 0.3) is 5.56 Å². The highest BCUT2D eigenvalue weighted by Crippen LogP contribution is 2.32. The Morgan fingerprint density at radius 3 is 2.38 bits per heavy atom. The highest BCUT2D eigenvalue weighted by molar-refractivity contribution is 5.74. The Hall–Kier alpha value is -3.86. The molecule has 0 bridgehead atoms. The van der Waals surface area contributed by atoms with Crippen molar-refractivity contribution in [3.05, 3.63) is 112 Å². The molecule has 0 aliphatic carbocycles. The molecule has 5 heteroatoms. The van der Waals surface area contributed by atoms with Gasteiger partial charge in [-0.15, -0.1) is 0 Å². The topological polar surface area (TPSA) is 64.3 Å². The summed E-state index contributed by atoms with van der Waals surface area (Å²) in [5.41, 5.74) is 4.65. The molecule has 0 spiro atoms. The van der Waals surface area contributed by atoms with E-state index < -0.39 is 0 Å². The Balaban J connectivity index is 1.80. The fourth-order valence-corrected chi connectivity index (χ4v) is 4.00. The lowest BCUT2D eigenvalue weighted by atomic mass is 9.94. The molecule has 0 atom stereocenters. The van der Waals surface area contributed by atoms with Crippen molar-refractivity contribution in [1.82, 2.24) is 9.78 Å². The van der Waals surface area contributed by atoms with Crippen LogP contribution in [0.5, 0.6) is 11.5 Å². The second-order valence-electron chi connectivity index (χ2n) is 7.76. The van der Waals surface area contributed by atoms with Gasteiger partial charge in [-0.1, -0.05) is 60.7 Å². The number of nitrogens with zero attached hydrogens (tertiary/aromatic N) is 2. The molecule has 0 unspecified atom stereocenters. The van der Waals surface area contributed by atoms with Gasteiger partial charge in [-0.25, -0.2) is 4.68 Å². The number of aromatic nitrogens is 2. The van der Waals surface area contributed by atoms with Gasteiger partial charge in [-0.05, 0) is 49.1 Å². The van der Waals surface area contributed by atoms with Crippen molar-refractivity contribution in [3.8, 4) is 22.6 Å². The first-order chi connectivity index (χ1) is 15.6. The van der Waals surface area contributed by atoms with Crippen molar-refractivity contribution in [2.75, 3.05) is 7.11 Å². The van der Waals surface area contributed by atoms with Crippen LogP contribution >= 0.6 is 0 Å². The summed E-state index contributed by atoms with van der Waals surface area (Å²) >= 11 is 0. The summed E-state index contributed by atoms with van der Waals surface area (Å²) in [6.45, 7) is 2.23. The van der Waals surface area contributed by atoms with E-state index in [4.69, 9.17) is 4.74 Å². The molecule has 32 heavy (non-hydrogen) atoms. The third-order valence-corrected chi connectivity index (χ3v) is 5.57. The van der Waals surface area contributed by atoms with Crippen molar-refractivity contribution in [2.24, 2.45) is 0 Å². The van der Waals surface area contributed by atoms with Gasteiger partial charge < -0.3 is 9.84 Å². The minimum Gasteiger partial charge on any atom is -0.507 e. The van der Waals surface area contributed by atoms with Crippen molar-refractivity contribution in [2.45, 2.75) is 26.3 Å². The number of rotatable bonds is 7. The van der Waals surface area contributed by atoms with E-state index in [1.165, 1.54) is 4.68 Å². The van der Waals surface area contributed by atoms with Gasteiger partial charge >= 0.3 is 0 Å². The highest BCUT2D eigenvalue weighted by atomic mass is 16.5. The second-order valence-corrected chi connectivity index (χ2v) is 7.76. The Bertz CT molecular complexity index is 1280. The zero-order chi connectivity index (χ0) is 22.5. The maximum Gasteiger partial charge on any atom is 0.270 e. The summed E-state index contributed by atoms with van der Waals surface area (Å²) in [7, 11) is 1.62. The summed E-state index contributed by atoms with van der Waals surface area (Å²) in [5.74, 6) is 0.880. The average Bonchev–Trinajstić information content (AvgIpc) is 2.82. The van der Waals surface area contributed by atoms with Crippen LogP contribution in [0, 0.1) is 6.92 Å².